The molecule has 0 fully saturated rings. The lowest BCUT2D eigenvalue weighted by Gasteiger charge is -2.04. The van der Waals surface area contributed by atoms with Crippen LogP contribution in [0.25, 0.3) is 0 Å². The molecule has 1 atom stereocenters. The van der Waals surface area contributed by atoms with Gasteiger partial charge in [0.1, 0.15) is 5.78 Å². The van der Waals surface area contributed by atoms with Crippen molar-refractivity contribution in [2.45, 2.75) is 33.1 Å². The van der Waals surface area contributed by atoms with Crippen molar-refractivity contribution in [1.29, 1.82) is 0 Å². The average Bonchev–Trinajstić information content (AvgIpc) is 2.30. The largest absolute Gasteiger partial charge is 0.396 e. The molecular formula is C12H24O2. The lowest BCUT2D eigenvalue weighted by molar-refractivity contribution is -0.122. The Balaban J connectivity index is -0.000000266. The third-order valence-electron chi connectivity index (χ3n) is 1.74. The van der Waals surface area contributed by atoms with Crippen LogP contribution in [-0.2, 0) is 4.79 Å². The Labute approximate surface area is 88.3 Å². The van der Waals surface area contributed by atoms with Crippen LogP contribution in [0.4, 0.5) is 0 Å². The molecule has 1 unspecified atom stereocenters. The van der Waals surface area contributed by atoms with E-state index in [0.717, 1.165) is 6.42 Å². The molecule has 0 rings (SSSR count). The second-order valence-electron chi connectivity index (χ2n) is 2.60. The van der Waals surface area contributed by atoms with Gasteiger partial charge >= 0.3 is 0 Å². The lowest BCUT2D eigenvalue weighted by Crippen LogP contribution is -2.09. The predicted molar refractivity (Wildman–Crippen MR) is 63.3 cm³/mol. The number of hydrogen-bond acceptors (Lipinski definition) is 2. The van der Waals surface area contributed by atoms with Crippen LogP contribution in [0.2, 0.25) is 0 Å². The van der Waals surface area contributed by atoms with E-state index in [2.05, 4.69) is 26.3 Å². The maximum absolute atomic E-state index is 11.0. The minimum atomic E-state index is 0.127. The van der Waals surface area contributed by atoms with E-state index in [0.29, 0.717) is 12.8 Å². The van der Waals surface area contributed by atoms with Crippen LogP contribution in [0, 0.1) is 5.92 Å². The second kappa shape index (κ2) is 18.0. The molecule has 0 aromatic rings. The summed E-state index contributed by atoms with van der Waals surface area (Å²) in [6, 6.07) is 0. The van der Waals surface area contributed by atoms with E-state index >= 15 is 0 Å². The Morgan fingerprint density at radius 1 is 1.29 bits per heavy atom. The van der Waals surface area contributed by atoms with Gasteiger partial charge in [-0.2, -0.15) is 0 Å². The van der Waals surface area contributed by atoms with Gasteiger partial charge in [-0.1, -0.05) is 13.8 Å². The number of rotatable bonds is 5. The van der Waals surface area contributed by atoms with Gasteiger partial charge in [0, 0.05) is 18.9 Å². The molecule has 0 saturated carbocycles. The van der Waals surface area contributed by atoms with E-state index in [9.17, 15) is 4.79 Å². The van der Waals surface area contributed by atoms with Gasteiger partial charge in [-0.25, -0.2) is 0 Å². The molecule has 0 aliphatic rings. The first-order valence-electron chi connectivity index (χ1n) is 4.86. The van der Waals surface area contributed by atoms with Gasteiger partial charge in [0.05, 0.1) is 0 Å². The van der Waals surface area contributed by atoms with E-state index in [-0.39, 0.29) is 18.3 Å². The molecule has 0 spiro atoms. The summed E-state index contributed by atoms with van der Waals surface area (Å²) in [6.45, 7) is 16.1. The zero-order valence-electron chi connectivity index (χ0n) is 9.59. The highest BCUT2D eigenvalue weighted by molar-refractivity contribution is 5.80. The minimum Gasteiger partial charge on any atom is -0.396 e. The zero-order valence-corrected chi connectivity index (χ0v) is 9.59. The molecule has 0 amide bonds. The highest BCUT2D eigenvalue weighted by Crippen LogP contribution is 2.06. The first-order chi connectivity index (χ1) is 6.72. The fourth-order valence-corrected chi connectivity index (χ4v) is 0.727. The van der Waals surface area contributed by atoms with Crippen LogP contribution in [0.5, 0.6) is 0 Å². The van der Waals surface area contributed by atoms with Crippen LogP contribution in [0.1, 0.15) is 33.1 Å². The number of aliphatic hydroxyl groups is 1. The van der Waals surface area contributed by atoms with Crippen molar-refractivity contribution in [2.24, 2.45) is 5.92 Å². The molecule has 84 valence electrons. The van der Waals surface area contributed by atoms with Crippen molar-refractivity contribution < 1.29 is 9.90 Å². The van der Waals surface area contributed by atoms with Gasteiger partial charge < -0.3 is 5.11 Å². The summed E-state index contributed by atoms with van der Waals surface area (Å²) >= 11 is 0. The van der Waals surface area contributed by atoms with Crippen molar-refractivity contribution in [1.82, 2.24) is 0 Å². The zero-order chi connectivity index (χ0) is 12.0. The number of aliphatic hydroxyl groups excluding tert-OH is 1. The van der Waals surface area contributed by atoms with Crippen molar-refractivity contribution >= 4 is 5.78 Å². The molecule has 0 heterocycles. The smallest absolute Gasteiger partial charge is 0.135 e. The first kappa shape index (κ1) is 18.8. The molecular weight excluding hydrogens is 176 g/mol. The quantitative estimate of drug-likeness (QED) is 0.693. The fraction of sp³-hybridized carbons (Fsp3) is 0.583. The van der Waals surface area contributed by atoms with E-state index in [1.807, 2.05) is 13.8 Å². The van der Waals surface area contributed by atoms with Gasteiger partial charge in [0.25, 0.3) is 0 Å². The number of hydrogen-bond donors (Lipinski definition) is 1. The lowest BCUT2D eigenvalue weighted by atomic mass is 10.0. The van der Waals surface area contributed by atoms with Crippen LogP contribution in [0.3, 0.4) is 0 Å². The van der Waals surface area contributed by atoms with Crippen molar-refractivity contribution in [3.05, 3.63) is 26.3 Å². The van der Waals surface area contributed by atoms with E-state index in [1.165, 1.54) is 0 Å². The third kappa shape index (κ3) is 13.7. The van der Waals surface area contributed by atoms with Gasteiger partial charge in [0.2, 0.25) is 0 Å². The minimum absolute atomic E-state index is 0.127. The molecule has 14 heavy (non-hydrogen) atoms. The Bertz CT molecular complexity index is 119. The fourth-order valence-electron chi connectivity index (χ4n) is 0.727. The molecule has 0 saturated heterocycles. The normalized spacial score (nSPS) is 9.93. The summed E-state index contributed by atoms with van der Waals surface area (Å²) in [5.74, 6) is 0.447. The molecule has 0 radical (unpaired) electrons. The number of carbonyl (C=O) groups excluding carboxylic acids is 1. The van der Waals surface area contributed by atoms with Crippen molar-refractivity contribution in [3.63, 3.8) is 0 Å². The third-order valence-corrected chi connectivity index (χ3v) is 1.74. The van der Waals surface area contributed by atoms with Crippen LogP contribution >= 0.6 is 0 Å². The standard InChI is InChI=1S/C8H16O2.2C2H4/c1-3-7(2)8(10)5-4-6-9;2*1-2/h7,9H,3-6H2,1-2H3;2*1-2H2. The summed E-state index contributed by atoms with van der Waals surface area (Å²) in [4.78, 5) is 11.0. The summed E-state index contributed by atoms with van der Waals surface area (Å²) in [5.41, 5.74) is 0. The Hall–Kier alpha value is -0.890. The molecule has 0 aromatic carbocycles. The van der Waals surface area contributed by atoms with Crippen molar-refractivity contribution in [2.75, 3.05) is 6.61 Å². The molecule has 0 aromatic heterocycles. The molecule has 2 nitrogen and oxygen atoms in total. The second-order valence-corrected chi connectivity index (χ2v) is 2.60. The molecule has 2 heteroatoms. The summed E-state index contributed by atoms with van der Waals surface area (Å²) < 4.78 is 0. The van der Waals surface area contributed by atoms with Gasteiger partial charge in [-0.3, -0.25) is 4.79 Å². The molecule has 0 aliphatic carbocycles. The summed E-state index contributed by atoms with van der Waals surface area (Å²) in [7, 11) is 0. The van der Waals surface area contributed by atoms with Gasteiger partial charge in [0.15, 0.2) is 0 Å². The number of carbonyl (C=O) groups is 1. The Kier molecular flexibility index (Phi) is 24.2. The monoisotopic (exact) mass is 200 g/mol. The van der Waals surface area contributed by atoms with E-state index in [1.54, 1.807) is 0 Å². The average molecular weight is 200 g/mol. The Morgan fingerprint density at radius 3 is 2.00 bits per heavy atom. The highest BCUT2D eigenvalue weighted by atomic mass is 16.3. The molecule has 0 bridgehead atoms. The summed E-state index contributed by atoms with van der Waals surface area (Å²) in [6.07, 6.45) is 2.05. The number of Topliss-reactive ketones (excluding diaryl/α,β-unsaturated/α-hetero) is 1. The van der Waals surface area contributed by atoms with Crippen molar-refractivity contribution in [3.8, 4) is 0 Å². The van der Waals surface area contributed by atoms with Crippen LogP contribution in [-0.4, -0.2) is 17.5 Å². The van der Waals surface area contributed by atoms with Gasteiger partial charge in [-0.05, 0) is 12.8 Å². The van der Waals surface area contributed by atoms with E-state index < -0.39 is 0 Å². The topological polar surface area (TPSA) is 37.3 Å². The predicted octanol–water partition coefficient (Wildman–Crippen LogP) is 2.98. The highest BCUT2D eigenvalue weighted by Gasteiger charge is 2.08. The van der Waals surface area contributed by atoms with Crippen LogP contribution in [0.15, 0.2) is 26.3 Å². The SMILES string of the molecule is C=C.C=C.CCC(C)C(=O)CCCO. The number of ketones is 1. The van der Waals surface area contributed by atoms with E-state index in [4.69, 9.17) is 5.11 Å². The van der Waals surface area contributed by atoms with Crippen LogP contribution < -0.4 is 0 Å². The maximum Gasteiger partial charge on any atom is 0.135 e. The molecule has 0 aliphatic heterocycles. The Morgan fingerprint density at radius 2 is 1.71 bits per heavy atom. The molecule has 1 N–H and O–H groups in total. The summed E-state index contributed by atoms with van der Waals surface area (Å²) in [5, 5.41) is 8.42. The first-order valence-corrected chi connectivity index (χ1v) is 4.86. The van der Waals surface area contributed by atoms with Gasteiger partial charge in [-0.15, -0.1) is 26.3 Å². The maximum atomic E-state index is 11.0.